The van der Waals surface area contributed by atoms with Gasteiger partial charge in [-0.2, -0.15) is 0 Å². The number of carbonyl (C=O) groups excluding carboxylic acids is 2. The number of likely N-dealkylation sites (N-methyl/N-ethyl adjacent to an activating group) is 1. The minimum atomic E-state index is -0.00955. The highest BCUT2D eigenvalue weighted by Crippen LogP contribution is 2.22. The second kappa shape index (κ2) is 9.23. The molecule has 0 spiro atoms. The second-order valence-electron chi connectivity index (χ2n) is 9.03. The molecule has 2 aromatic carbocycles. The predicted molar refractivity (Wildman–Crippen MR) is 133 cm³/mol. The number of rotatable bonds is 5. The lowest BCUT2D eigenvalue weighted by Crippen LogP contribution is -2.47. The molecule has 0 saturated carbocycles. The highest BCUT2D eigenvalue weighted by atomic mass is 16.2. The number of hydrogen-bond acceptors (Lipinski definition) is 4. The summed E-state index contributed by atoms with van der Waals surface area (Å²) in [5.74, 6) is 0.0403. The number of amides is 1. The van der Waals surface area contributed by atoms with Crippen LogP contribution in [-0.2, 0) is 6.54 Å². The standard InChI is InChI=1S/C28H28N4O2/c1-20-8-10-22(11-9-20)27(33)26-7-4-12-32(26)19-21-17-24-23(5-3-6-25(24)29-18-21)28(34)31-15-13-30(2)14-16-31/h3-12,17-18H,13-16,19H2,1-2H3. The number of carbonyl (C=O) groups is 2. The average Bonchev–Trinajstić information content (AvgIpc) is 3.32. The largest absolute Gasteiger partial charge is 0.340 e. The number of pyridine rings is 1. The van der Waals surface area contributed by atoms with E-state index in [1.807, 2.05) is 89.4 Å². The topological polar surface area (TPSA) is 58.4 Å². The molecule has 0 unspecified atom stereocenters. The summed E-state index contributed by atoms with van der Waals surface area (Å²) >= 11 is 0. The molecule has 0 radical (unpaired) electrons. The molecule has 1 saturated heterocycles. The van der Waals surface area contributed by atoms with Crippen LogP contribution in [0.25, 0.3) is 10.9 Å². The fourth-order valence-electron chi connectivity index (χ4n) is 4.45. The maximum atomic E-state index is 13.3. The van der Waals surface area contributed by atoms with Crippen molar-refractivity contribution in [2.45, 2.75) is 13.5 Å². The van der Waals surface area contributed by atoms with Gasteiger partial charge in [0.2, 0.25) is 5.78 Å². The highest BCUT2D eigenvalue weighted by molar-refractivity contribution is 6.08. The van der Waals surface area contributed by atoms with Crippen molar-refractivity contribution in [2.24, 2.45) is 0 Å². The maximum Gasteiger partial charge on any atom is 0.254 e. The van der Waals surface area contributed by atoms with Gasteiger partial charge in [-0.25, -0.2) is 0 Å². The number of nitrogens with zero attached hydrogens (tertiary/aromatic N) is 4. The molecule has 0 bridgehead atoms. The minimum absolute atomic E-state index is 0.00955. The first-order valence-corrected chi connectivity index (χ1v) is 11.6. The predicted octanol–water partition coefficient (Wildman–Crippen LogP) is 4.01. The molecule has 0 N–H and O–H groups in total. The highest BCUT2D eigenvalue weighted by Gasteiger charge is 2.22. The van der Waals surface area contributed by atoms with Crippen LogP contribution in [-0.4, -0.2) is 64.3 Å². The molecule has 3 heterocycles. The van der Waals surface area contributed by atoms with Crippen molar-refractivity contribution >= 4 is 22.6 Å². The van der Waals surface area contributed by atoms with Gasteiger partial charge < -0.3 is 14.4 Å². The Balaban J connectivity index is 1.43. The Labute approximate surface area is 199 Å². The summed E-state index contributed by atoms with van der Waals surface area (Å²) in [4.78, 5) is 35.2. The van der Waals surface area contributed by atoms with Gasteiger partial charge in [0.15, 0.2) is 0 Å². The lowest BCUT2D eigenvalue weighted by Gasteiger charge is -2.32. The quantitative estimate of drug-likeness (QED) is 0.430. The Kier molecular flexibility index (Phi) is 5.99. The molecule has 5 rings (SSSR count). The van der Waals surface area contributed by atoms with Crippen LogP contribution in [0.2, 0.25) is 0 Å². The Bertz CT molecular complexity index is 1350. The van der Waals surface area contributed by atoms with Crippen LogP contribution in [0.3, 0.4) is 0 Å². The van der Waals surface area contributed by atoms with Crippen LogP contribution in [0, 0.1) is 6.92 Å². The summed E-state index contributed by atoms with van der Waals surface area (Å²) < 4.78 is 1.94. The lowest BCUT2D eigenvalue weighted by molar-refractivity contribution is 0.0666. The summed E-state index contributed by atoms with van der Waals surface area (Å²) in [6.07, 6.45) is 3.74. The number of aromatic nitrogens is 2. The first-order chi connectivity index (χ1) is 16.5. The number of ketones is 1. The van der Waals surface area contributed by atoms with Gasteiger partial charge >= 0.3 is 0 Å². The number of hydrogen-bond donors (Lipinski definition) is 0. The molecule has 0 atom stereocenters. The normalized spacial score (nSPS) is 14.5. The average molecular weight is 453 g/mol. The van der Waals surface area contributed by atoms with E-state index in [9.17, 15) is 9.59 Å². The van der Waals surface area contributed by atoms with Crippen molar-refractivity contribution < 1.29 is 9.59 Å². The first-order valence-electron chi connectivity index (χ1n) is 11.6. The number of fused-ring (bicyclic) bond motifs is 1. The minimum Gasteiger partial charge on any atom is -0.340 e. The van der Waals surface area contributed by atoms with Gasteiger partial charge in [0.25, 0.3) is 5.91 Å². The van der Waals surface area contributed by atoms with Crippen LogP contribution in [0.5, 0.6) is 0 Å². The van der Waals surface area contributed by atoms with Crippen LogP contribution >= 0.6 is 0 Å². The third-order valence-corrected chi connectivity index (χ3v) is 6.53. The van der Waals surface area contributed by atoms with Gasteiger partial charge in [0, 0.05) is 61.6 Å². The third kappa shape index (κ3) is 4.37. The van der Waals surface area contributed by atoms with Gasteiger partial charge in [0.1, 0.15) is 0 Å². The van der Waals surface area contributed by atoms with Gasteiger partial charge in [-0.3, -0.25) is 14.6 Å². The summed E-state index contributed by atoms with van der Waals surface area (Å²) in [6.45, 7) is 5.72. The molecule has 0 aliphatic carbocycles. The van der Waals surface area contributed by atoms with Gasteiger partial charge in [-0.1, -0.05) is 35.9 Å². The van der Waals surface area contributed by atoms with E-state index in [0.29, 0.717) is 23.4 Å². The zero-order valence-corrected chi connectivity index (χ0v) is 19.6. The van der Waals surface area contributed by atoms with Gasteiger partial charge in [-0.05, 0) is 49.9 Å². The van der Waals surface area contributed by atoms with Crippen molar-refractivity contribution in [3.05, 3.63) is 101 Å². The van der Waals surface area contributed by atoms with Crippen LogP contribution in [0.4, 0.5) is 0 Å². The monoisotopic (exact) mass is 452 g/mol. The van der Waals surface area contributed by atoms with Crippen molar-refractivity contribution in [3.63, 3.8) is 0 Å². The van der Waals surface area contributed by atoms with Crippen LogP contribution in [0.1, 0.15) is 37.5 Å². The molecule has 1 aliphatic heterocycles. The first kappa shape index (κ1) is 22.0. The molecule has 34 heavy (non-hydrogen) atoms. The van der Waals surface area contributed by atoms with E-state index < -0.39 is 0 Å². The smallest absolute Gasteiger partial charge is 0.254 e. The molecule has 4 aromatic rings. The molecule has 2 aromatic heterocycles. The Hall–Kier alpha value is -3.77. The number of benzene rings is 2. The maximum absolute atomic E-state index is 13.3. The van der Waals surface area contributed by atoms with Crippen molar-refractivity contribution in [1.29, 1.82) is 0 Å². The molecular weight excluding hydrogens is 424 g/mol. The summed E-state index contributed by atoms with van der Waals surface area (Å²) in [5.41, 5.74) is 4.84. The summed E-state index contributed by atoms with van der Waals surface area (Å²) in [7, 11) is 2.08. The number of piperazine rings is 1. The fraction of sp³-hybridized carbons (Fsp3) is 0.250. The second-order valence-corrected chi connectivity index (χ2v) is 9.03. The van der Waals surface area contributed by atoms with E-state index in [4.69, 9.17) is 0 Å². The molecule has 6 nitrogen and oxygen atoms in total. The number of aryl methyl sites for hydroxylation is 1. The molecule has 1 aliphatic rings. The molecule has 1 amide bonds. The van der Waals surface area contributed by atoms with Crippen molar-refractivity contribution in [3.8, 4) is 0 Å². The van der Waals surface area contributed by atoms with Crippen LogP contribution in [0.15, 0.2) is 73.1 Å². The Morgan fingerprint density at radius 3 is 2.47 bits per heavy atom. The zero-order valence-electron chi connectivity index (χ0n) is 19.6. The van der Waals surface area contributed by atoms with E-state index >= 15 is 0 Å². The van der Waals surface area contributed by atoms with E-state index in [1.165, 1.54) is 0 Å². The Morgan fingerprint density at radius 1 is 0.941 bits per heavy atom. The Morgan fingerprint density at radius 2 is 1.71 bits per heavy atom. The van der Waals surface area contributed by atoms with Gasteiger partial charge in [0.05, 0.1) is 11.2 Å². The molecule has 1 fully saturated rings. The van der Waals surface area contributed by atoms with Crippen molar-refractivity contribution in [2.75, 3.05) is 33.2 Å². The van der Waals surface area contributed by atoms with Gasteiger partial charge in [-0.15, -0.1) is 0 Å². The van der Waals surface area contributed by atoms with E-state index in [-0.39, 0.29) is 11.7 Å². The van der Waals surface area contributed by atoms with Crippen molar-refractivity contribution in [1.82, 2.24) is 19.4 Å². The SMILES string of the molecule is Cc1ccc(C(=O)c2cccn2Cc2cnc3cccc(C(=O)N4CCN(C)CC4)c3c2)cc1. The molecule has 172 valence electrons. The van der Waals surface area contributed by atoms with E-state index in [0.717, 1.165) is 48.2 Å². The lowest BCUT2D eigenvalue weighted by atomic mass is 10.0. The zero-order chi connectivity index (χ0) is 23.7. The third-order valence-electron chi connectivity index (χ3n) is 6.53. The summed E-state index contributed by atoms with van der Waals surface area (Å²) in [6, 6.07) is 19.1. The molecular formula is C28H28N4O2. The summed E-state index contributed by atoms with van der Waals surface area (Å²) in [5, 5.41) is 0.850. The fourth-order valence-corrected chi connectivity index (χ4v) is 4.45. The van der Waals surface area contributed by atoms with E-state index in [2.05, 4.69) is 16.9 Å². The molecule has 6 heteroatoms. The van der Waals surface area contributed by atoms with E-state index in [1.54, 1.807) is 0 Å². The van der Waals surface area contributed by atoms with Crippen LogP contribution < -0.4 is 0 Å².